The Balaban J connectivity index is 1.47. The lowest BCUT2D eigenvalue weighted by Crippen LogP contribution is -2.23. The monoisotopic (exact) mass is 417 g/mol. The third-order valence-electron chi connectivity index (χ3n) is 4.77. The third kappa shape index (κ3) is 5.09. The maximum atomic E-state index is 12.5. The van der Waals surface area contributed by atoms with Gasteiger partial charge in [-0.1, -0.05) is 0 Å². The van der Waals surface area contributed by atoms with Crippen molar-refractivity contribution >= 4 is 22.9 Å². The zero-order chi connectivity index (χ0) is 20.9. The Bertz CT molecular complexity index is 910. The van der Waals surface area contributed by atoms with Crippen molar-refractivity contribution in [1.29, 1.82) is 0 Å². The second-order valence-corrected chi connectivity index (χ2v) is 8.73. The molecule has 0 aromatic heterocycles. The Morgan fingerprint density at radius 2 is 1.83 bits per heavy atom. The van der Waals surface area contributed by atoms with E-state index in [-0.39, 0.29) is 5.60 Å². The fraction of sp³-hybridized carbons (Fsp3) is 0.409. The van der Waals surface area contributed by atoms with Crippen LogP contribution in [0.2, 0.25) is 0 Å². The molecule has 7 heteroatoms. The molecule has 3 rings (SSSR count). The lowest BCUT2D eigenvalue weighted by atomic mass is 9.95. The first kappa shape index (κ1) is 21.2. The van der Waals surface area contributed by atoms with Crippen molar-refractivity contribution in [3.05, 3.63) is 42.0 Å². The van der Waals surface area contributed by atoms with Crippen molar-refractivity contribution in [2.45, 2.75) is 37.2 Å². The minimum atomic E-state index is -1.09. The summed E-state index contributed by atoms with van der Waals surface area (Å²) in [7, 11) is 2.06. The number of fused-ring (bicyclic) bond motifs is 1. The summed E-state index contributed by atoms with van der Waals surface area (Å²) < 4.78 is 34.4. The fourth-order valence-electron chi connectivity index (χ4n) is 3.10. The summed E-state index contributed by atoms with van der Waals surface area (Å²) in [5, 5.41) is 0. The first-order chi connectivity index (χ1) is 13.9. The van der Waals surface area contributed by atoms with E-state index in [1.54, 1.807) is 26.4 Å². The number of nitrogens with zero attached hydrogens (tertiary/aromatic N) is 1. The number of benzene rings is 2. The number of ether oxygens (including phenoxy) is 4. The predicted octanol–water partition coefficient (Wildman–Crippen LogP) is 4.60. The van der Waals surface area contributed by atoms with Gasteiger partial charge >= 0.3 is 0 Å². The van der Waals surface area contributed by atoms with Crippen molar-refractivity contribution in [2.24, 2.45) is 4.99 Å². The van der Waals surface area contributed by atoms with Gasteiger partial charge in [0.15, 0.2) is 17.9 Å². The van der Waals surface area contributed by atoms with E-state index in [0.717, 1.165) is 34.7 Å². The minimum absolute atomic E-state index is 0.385. The van der Waals surface area contributed by atoms with Crippen LogP contribution in [0, 0.1) is 0 Å². The van der Waals surface area contributed by atoms with Gasteiger partial charge in [-0.25, -0.2) is 4.99 Å². The van der Waals surface area contributed by atoms with E-state index in [2.05, 4.69) is 4.99 Å². The summed E-state index contributed by atoms with van der Waals surface area (Å²) in [6.07, 6.45) is 3.09. The lowest BCUT2D eigenvalue weighted by molar-refractivity contribution is 0.100. The highest BCUT2D eigenvalue weighted by atomic mass is 32.2. The van der Waals surface area contributed by atoms with E-state index < -0.39 is 10.8 Å². The number of methoxy groups -OCH3 is 2. The summed E-state index contributed by atoms with van der Waals surface area (Å²) in [6.45, 7) is 4.58. The molecule has 0 fully saturated rings. The number of aliphatic imine (C=N–C) groups is 1. The molecule has 0 spiro atoms. The van der Waals surface area contributed by atoms with Gasteiger partial charge in [-0.05, 0) is 51.0 Å². The van der Waals surface area contributed by atoms with Gasteiger partial charge in [0.05, 0.1) is 37.3 Å². The number of hydrogen-bond donors (Lipinski definition) is 0. The standard InChI is InChI=1S/C22H27NO5S/c1-22(2)18-9-7-16(13-19(18)23-15-28-22)27-11-5-6-12-29(24)17-8-10-20(25-3)21(14-17)26-4/h7-10,13-15H,5-6,11-12H2,1-4H3. The molecule has 0 amide bonds. The summed E-state index contributed by atoms with van der Waals surface area (Å²) in [4.78, 5) is 5.03. The zero-order valence-corrected chi connectivity index (χ0v) is 18.1. The average molecular weight is 418 g/mol. The van der Waals surface area contributed by atoms with Crippen LogP contribution in [0.5, 0.6) is 17.2 Å². The van der Waals surface area contributed by atoms with Gasteiger partial charge in [-0.3, -0.25) is 4.21 Å². The van der Waals surface area contributed by atoms with Crippen LogP contribution >= 0.6 is 0 Å². The molecular formula is C22H27NO5S. The summed E-state index contributed by atoms with van der Waals surface area (Å²) in [5.74, 6) is 2.56. The van der Waals surface area contributed by atoms with E-state index in [9.17, 15) is 4.21 Å². The second-order valence-electron chi connectivity index (χ2n) is 7.16. The first-order valence-corrected chi connectivity index (χ1v) is 10.8. The van der Waals surface area contributed by atoms with Gasteiger partial charge in [-0.2, -0.15) is 0 Å². The molecule has 1 atom stereocenters. The number of unbranched alkanes of at least 4 members (excludes halogenated alkanes) is 1. The summed E-state index contributed by atoms with van der Waals surface area (Å²) in [6, 6.07) is 11.2. The highest BCUT2D eigenvalue weighted by molar-refractivity contribution is 7.85. The number of hydrogen-bond acceptors (Lipinski definition) is 6. The molecule has 1 heterocycles. The quantitative estimate of drug-likeness (QED) is 0.558. The normalized spacial score (nSPS) is 15.2. The molecule has 0 saturated heterocycles. The topological polar surface area (TPSA) is 66.4 Å². The smallest absolute Gasteiger partial charge is 0.175 e. The highest BCUT2D eigenvalue weighted by Gasteiger charge is 2.27. The van der Waals surface area contributed by atoms with Crippen LogP contribution in [-0.4, -0.2) is 37.2 Å². The van der Waals surface area contributed by atoms with Crippen LogP contribution in [0.15, 0.2) is 46.3 Å². The van der Waals surface area contributed by atoms with Crippen molar-refractivity contribution in [3.63, 3.8) is 0 Å². The molecular weight excluding hydrogens is 390 g/mol. The van der Waals surface area contributed by atoms with Gasteiger partial charge in [0.2, 0.25) is 0 Å². The van der Waals surface area contributed by atoms with Crippen LogP contribution in [0.3, 0.4) is 0 Å². The Hall–Kier alpha value is -2.54. The summed E-state index contributed by atoms with van der Waals surface area (Å²) in [5.41, 5.74) is 1.52. The van der Waals surface area contributed by atoms with Crippen molar-refractivity contribution < 1.29 is 23.2 Å². The van der Waals surface area contributed by atoms with Gasteiger partial charge < -0.3 is 18.9 Å². The molecule has 1 unspecified atom stereocenters. The average Bonchev–Trinajstić information content (AvgIpc) is 2.72. The second kappa shape index (κ2) is 9.31. The molecule has 156 valence electrons. The van der Waals surface area contributed by atoms with Crippen LogP contribution in [-0.2, 0) is 21.1 Å². The SMILES string of the molecule is COc1ccc(S(=O)CCCCOc2ccc3c(c2)N=COC3(C)C)cc1OC. The van der Waals surface area contributed by atoms with Gasteiger partial charge in [0.1, 0.15) is 11.4 Å². The lowest BCUT2D eigenvalue weighted by Gasteiger charge is -2.28. The molecule has 0 bridgehead atoms. The molecule has 6 nitrogen and oxygen atoms in total. The van der Waals surface area contributed by atoms with Gasteiger partial charge in [0, 0.05) is 28.3 Å². The molecule has 1 aliphatic heterocycles. The Morgan fingerprint density at radius 1 is 1.03 bits per heavy atom. The van der Waals surface area contributed by atoms with Gasteiger partial charge in [0.25, 0.3) is 0 Å². The van der Waals surface area contributed by atoms with Gasteiger partial charge in [-0.15, -0.1) is 0 Å². The van der Waals surface area contributed by atoms with Crippen LogP contribution in [0.4, 0.5) is 5.69 Å². The highest BCUT2D eigenvalue weighted by Crippen LogP contribution is 2.37. The molecule has 0 saturated carbocycles. The molecule has 0 radical (unpaired) electrons. The first-order valence-electron chi connectivity index (χ1n) is 9.52. The predicted molar refractivity (Wildman–Crippen MR) is 114 cm³/mol. The number of rotatable bonds is 9. The van der Waals surface area contributed by atoms with Crippen LogP contribution in [0.25, 0.3) is 0 Å². The minimum Gasteiger partial charge on any atom is -0.494 e. The third-order valence-corrected chi connectivity index (χ3v) is 6.21. The summed E-state index contributed by atoms with van der Waals surface area (Å²) >= 11 is 0. The zero-order valence-electron chi connectivity index (χ0n) is 17.3. The molecule has 0 N–H and O–H groups in total. The maximum Gasteiger partial charge on any atom is 0.175 e. The van der Waals surface area contributed by atoms with Crippen LogP contribution in [0.1, 0.15) is 32.3 Å². The van der Waals surface area contributed by atoms with Crippen molar-refractivity contribution in [3.8, 4) is 17.2 Å². The fourth-order valence-corrected chi connectivity index (χ4v) is 4.26. The molecule has 0 aliphatic carbocycles. The van der Waals surface area contributed by atoms with E-state index >= 15 is 0 Å². The van der Waals surface area contributed by atoms with Crippen LogP contribution < -0.4 is 14.2 Å². The van der Waals surface area contributed by atoms with E-state index in [0.29, 0.717) is 23.9 Å². The maximum absolute atomic E-state index is 12.5. The molecule has 2 aromatic carbocycles. The Morgan fingerprint density at radius 3 is 2.59 bits per heavy atom. The molecule has 1 aliphatic rings. The van der Waals surface area contributed by atoms with E-state index in [1.807, 2.05) is 38.1 Å². The largest absolute Gasteiger partial charge is 0.494 e. The Labute approximate surface area is 174 Å². The van der Waals surface area contributed by atoms with Crippen molar-refractivity contribution in [2.75, 3.05) is 26.6 Å². The van der Waals surface area contributed by atoms with Crippen molar-refractivity contribution in [1.82, 2.24) is 0 Å². The van der Waals surface area contributed by atoms with E-state index in [4.69, 9.17) is 18.9 Å². The molecule has 2 aromatic rings. The van der Waals surface area contributed by atoms with E-state index in [1.165, 1.54) is 6.40 Å². The molecule has 29 heavy (non-hydrogen) atoms. The Kier molecular flexibility index (Phi) is 6.79.